The molecule has 2 aliphatic rings. The van der Waals surface area contributed by atoms with Crippen molar-refractivity contribution in [1.82, 2.24) is 9.97 Å². The Hall–Kier alpha value is -2.12. The molecule has 144 valence electrons. The van der Waals surface area contributed by atoms with Gasteiger partial charge in [0.05, 0.1) is 10.6 Å². The molecule has 3 heterocycles. The third-order valence-electron chi connectivity index (χ3n) is 5.59. The number of hydrogen-bond donors (Lipinski definition) is 1. The number of anilines is 1. The Kier molecular flexibility index (Phi) is 4.51. The zero-order valence-corrected chi connectivity index (χ0v) is 17.3. The average Bonchev–Trinajstić information content (AvgIpc) is 3.28. The maximum atomic E-state index is 13.0. The average molecular weight is 412 g/mol. The summed E-state index contributed by atoms with van der Waals surface area (Å²) in [7, 11) is 0. The highest BCUT2D eigenvalue weighted by Gasteiger charge is 2.29. The molecule has 0 saturated heterocycles. The maximum Gasteiger partial charge on any atom is 0.260 e. The lowest BCUT2D eigenvalue weighted by Gasteiger charge is -2.21. The Morgan fingerprint density at radius 3 is 2.96 bits per heavy atom. The third kappa shape index (κ3) is 2.97. The van der Waals surface area contributed by atoms with Crippen LogP contribution in [-0.2, 0) is 24.1 Å². The largest absolute Gasteiger partial charge is 0.311 e. The van der Waals surface area contributed by atoms with Gasteiger partial charge in [0.25, 0.3) is 5.56 Å². The lowest BCUT2D eigenvalue weighted by Crippen LogP contribution is -2.35. The summed E-state index contributed by atoms with van der Waals surface area (Å²) < 4.78 is 0. The van der Waals surface area contributed by atoms with Crippen molar-refractivity contribution in [2.24, 2.45) is 0 Å². The smallest absolute Gasteiger partial charge is 0.260 e. The van der Waals surface area contributed by atoms with Crippen LogP contribution >= 0.6 is 23.1 Å². The molecule has 1 N–H and O–H groups in total. The molecule has 1 atom stereocenters. The number of aromatic nitrogens is 2. The van der Waals surface area contributed by atoms with E-state index in [1.807, 2.05) is 30.0 Å². The summed E-state index contributed by atoms with van der Waals surface area (Å²) in [5, 5.41) is 0.974. The minimum Gasteiger partial charge on any atom is -0.311 e. The molecule has 0 bridgehead atoms. The van der Waals surface area contributed by atoms with Gasteiger partial charge < -0.3 is 9.88 Å². The Labute approximate surface area is 171 Å². The summed E-state index contributed by atoms with van der Waals surface area (Å²) >= 11 is 2.98. The number of thiophene rings is 1. The summed E-state index contributed by atoms with van der Waals surface area (Å²) in [5.74, 6) is 0.0585. The number of aromatic amines is 1. The van der Waals surface area contributed by atoms with E-state index in [9.17, 15) is 9.59 Å². The zero-order chi connectivity index (χ0) is 19.3. The van der Waals surface area contributed by atoms with Crippen LogP contribution in [0.25, 0.3) is 10.2 Å². The van der Waals surface area contributed by atoms with Crippen LogP contribution in [0.3, 0.4) is 0 Å². The molecule has 7 heteroatoms. The quantitative estimate of drug-likeness (QED) is 0.524. The van der Waals surface area contributed by atoms with E-state index >= 15 is 0 Å². The molecule has 1 aliphatic carbocycles. The predicted molar refractivity (Wildman–Crippen MR) is 115 cm³/mol. The molecule has 1 aromatic carbocycles. The SMILES string of the molecule is C[C@@H](Sc1nc2sc3c(c2c(=O)[nH]1)CCCC3)C(=O)N1CCc2ccccc21. The summed E-state index contributed by atoms with van der Waals surface area (Å²) in [6.07, 6.45) is 5.22. The fourth-order valence-corrected chi connectivity index (χ4v) is 6.38. The Bertz CT molecular complexity index is 1130. The molecule has 5 rings (SSSR count). The number of nitrogens with one attached hydrogen (secondary N) is 1. The zero-order valence-electron chi connectivity index (χ0n) is 15.7. The molecule has 1 amide bonds. The van der Waals surface area contributed by atoms with E-state index in [2.05, 4.69) is 16.0 Å². The van der Waals surface area contributed by atoms with E-state index in [0.717, 1.165) is 41.6 Å². The number of nitrogens with zero attached hydrogens (tertiary/aromatic N) is 2. The number of carbonyl (C=O) groups excluding carboxylic acids is 1. The van der Waals surface area contributed by atoms with Crippen LogP contribution in [0.1, 0.15) is 35.8 Å². The number of aryl methyl sites for hydroxylation is 2. The summed E-state index contributed by atoms with van der Waals surface area (Å²) in [4.78, 5) is 37.3. The highest BCUT2D eigenvalue weighted by molar-refractivity contribution is 8.00. The summed E-state index contributed by atoms with van der Waals surface area (Å²) in [5.41, 5.74) is 3.33. The Balaban J connectivity index is 1.41. The fraction of sp³-hybridized carbons (Fsp3) is 0.381. The monoisotopic (exact) mass is 411 g/mol. The predicted octanol–water partition coefficient (Wildman–Crippen LogP) is 3.93. The molecule has 0 fully saturated rings. The van der Waals surface area contributed by atoms with Gasteiger partial charge in [-0.15, -0.1) is 11.3 Å². The maximum absolute atomic E-state index is 13.0. The lowest BCUT2D eigenvalue weighted by molar-refractivity contribution is -0.117. The molecule has 0 spiro atoms. The highest BCUT2D eigenvalue weighted by Crippen LogP contribution is 2.35. The second-order valence-corrected chi connectivity index (χ2v) is 9.80. The van der Waals surface area contributed by atoms with E-state index in [4.69, 9.17) is 0 Å². The molecule has 2 aromatic heterocycles. The van der Waals surface area contributed by atoms with E-state index in [1.165, 1.54) is 34.2 Å². The van der Waals surface area contributed by atoms with Gasteiger partial charge in [0.15, 0.2) is 5.16 Å². The van der Waals surface area contributed by atoms with Gasteiger partial charge in [0.2, 0.25) is 5.91 Å². The first kappa shape index (κ1) is 17.9. The topological polar surface area (TPSA) is 66.1 Å². The third-order valence-corrected chi connectivity index (χ3v) is 7.75. The van der Waals surface area contributed by atoms with Crippen LogP contribution in [-0.4, -0.2) is 27.7 Å². The molecule has 0 saturated carbocycles. The molecule has 5 nitrogen and oxygen atoms in total. The van der Waals surface area contributed by atoms with Crippen molar-refractivity contribution in [3.8, 4) is 0 Å². The van der Waals surface area contributed by atoms with Gasteiger partial charge in [0, 0.05) is 17.1 Å². The molecule has 0 radical (unpaired) electrons. The Morgan fingerprint density at radius 1 is 1.25 bits per heavy atom. The number of H-pyrrole nitrogens is 1. The lowest BCUT2D eigenvalue weighted by atomic mass is 9.97. The van der Waals surface area contributed by atoms with E-state index in [1.54, 1.807) is 11.3 Å². The van der Waals surface area contributed by atoms with Crippen LogP contribution in [0.15, 0.2) is 34.2 Å². The second kappa shape index (κ2) is 7.04. The fourth-order valence-electron chi connectivity index (χ4n) is 4.20. The first-order valence-electron chi connectivity index (χ1n) is 9.72. The van der Waals surface area contributed by atoms with Crippen molar-refractivity contribution in [3.05, 3.63) is 50.6 Å². The first-order chi connectivity index (χ1) is 13.6. The van der Waals surface area contributed by atoms with Gasteiger partial charge in [-0.3, -0.25) is 9.59 Å². The van der Waals surface area contributed by atoms with E-state index < -0.39 is 0 Å². The first-order valence-corrected chi connectivity index (χ1v) is 11.4. The minimum absolute atomic E-state index is 0.0585. The van der Waals surface area contributed by atoms with Crippen molar-refractivity contribution in [1.29, 1.82) is 0 Å². The van der Waals surface area contributed by atoms with Gasteiger partial charge in [-0.1, -0.05) is 30.0 Å². The van der Waals surface area contributed by atoms with E-state index in [0.29, 0.717) is 11.7 Å². The normalized spacial score (nSPS) is 16.8. The summed E-state index contributed by atoms with van der Waals surface area (Å²) in [6, 6.07) is 8.05. The Morgan fingerprint density at radius 2 is 2.07 bits per heavy atom. The van der Waals surface area contributed by atoms with Gasteiger partial charge in [-0.2, -0.15) is 0 Å². The second-order valence-electron chi connectivity index (χ2n) is 7.39. The number of rotatable bonds is 3. The summed E-state index contributed by atoms with van der Waals surface area (Å²) in [6.45, 7) is 2.60. The van der Waals surface area contributed by atoms with Crippen LogP contribution in [0, 0.1) is 0 Å². The van der Waals surface area contributed by atoms with Crippen molar-refractivity contribution in [2.75, 3.05) is 11.4 Å². The molecular formula is C21H21N3O2S2. The van der Waals surface area contributed by atoms with Crippen LogP contribution < -0.4 is 10.5 Å². The van der Waals surface area contributed by atoms with Gasteiger partial charge in [-0.25, -0.2) is 4.98 Å². The molecular weight excluding hydrogens is 390 g/mol. The molecule has 3 aromatic rings. The number of thioether (sulfide) groups is 1. The molecule has 28 heavy (non-hydrogen) atoms. The van der Waals surface area contributed by atoms with Crippen molar-refractivity contribution < 1.29 is 4.79 Å². The minimum atomic E-state index is -0.318. The van der Waals surface area contributed by atoms with Crippen molar-refractivity contribution in [2.45, 2.75) is 49.4 Å². The van der Waals surface area contributed by atoms with Gasteiger partial charge >= 0.3 is 0 Å². The number of fused-ring (bicyclic) bond motifs is 4. The molecule has 0 unspecified atom stereocenters. The van der Waals surface area contributed by atoms with Crippen LogP contribution in [0.5, 0.6) is 0 Å². The number of carbonyl (C=O) groups is 1. The number of hydrogen-bond acceptors (Lipinski definition) is 5. The van der Waals surface area contributed by atoms with Crippen LogP contribution in [0.2, 0.25) is 0 Å². The molecule has 1 aliphatic heterocycles. The number of para-hydroxylation sites is 1. The number of benzene rings is 1. The van der Waals surface area contributed by atoms with Crippen molar-refractivity contribution >= 4 is 44.9 Å². The van der Waals surface area contributed by atoms with Gasteiger partial charge in [-0.05, 0) is 56.2 Å². The van der Waals surface area contributed by atoms with Gasteiger partial charge in [0.1, 0.15) is 4.83 Å². The van der Waals surface area contributed by atoms with Crippen molar-refractivity contribution in [3.63, 3.8) is 0 Å². The number of amides is 1. The van der Waals surface area contributed by atoms with E-state index in [-0.39, 0.29) is 16.7 Å². The standard InChI is InChI=1S/C21H21N3O2S2/c1-12(20(26)24-11-10-13-6-2-4-8-15(13)24)27-21-22-18(25)17-14-7-3-5-9-16(14)28-19(17)23-21/h2,4,6,8,12H,3,5,7,9-11H2,1H3,(H,22,23,25)/t12-/m1/s1. The highest BCUT2D eigenvalue weighted by atomic mass is 32.2. The van der Waals surface area contributed by atoms with Crippen LogP contribution in [0.4, 0.5) is 5.69 Å².